The third-order valence-corrected chi connectivity index (χ3v) is 4.43. The molecule has 6 heteroatoms. The molecule has 2 rings (SSSR count). The predicted molar refractivity (Wildman–Crippen MR) is 96.7 cm³/mol. The average Bonchev–Trinajstić information content (AvgIpc) is 2.41. The monoisotopic (exact) mass is 430 g/mol. The summed E-state index contributed by atoms with van der Waals surface area (Å²) in [5, 5.41) is 3.22. The van der Waals surface area contributed by atoms with Crippen molar-refractivity contribution in [3.63, 3.8) is 0 Å². The van der Waals surface area contributed by atoms with Gasteiger partial charge in [0.2, 0.25) is 0 Å². The molecule has 0 spiro atoms. The lowest BCUT2D eigenvalue weighted by molar-refractivity contribution is -0.118. The average molecular weight is 431 g/mol. The second-order valence-electron chi connectivity index (χ2n) is 4.99. The van der Waals surface area contributed by atoms with Crippen LogP contribution < -0.4 is 10.1 Å². The summed E-state index contributed by atoms with van der Waals surface area (Å²) >= 11 is 8.34. The van der Waals surface area contributed by atoms with Gasteiger partial charge in [-0.25, -0.2) is 4.98 Å². The molecular weight excluding hydrogens is 415 g/mol. The molecule has 1 heterocycles. The van der Waals surface area contributed by atoms with Crippen LogP contribution in [0.5, 0.6) is 5.75 Å². The third kappa shape index (κ3) is 4.33. The van der Waals surface area contributed by atoms with Gasteiger partial charge in [0.15, 0.2) is 6.61 Å². The van der Waals surface area contributed by atoms with Crippen LogP contribution in [0.3, 0.4) is 0 Å². The number of nitrogens with one attached hydrogen (secondary N) is 1. The Balaban J connectivity index is 2.00. The van der Waals surface area contributed by atoms with E-state index in [4.69, 9.17) is 16.3 Å². The maximum absolute atomic E-state index is 12.0. The zero-order valence-electron chi connectivity index (χ0n) is 12.5. The normalized spacial score (nSPS) is 10.4. The maximum Gasteiger partial charge on any atom is 0.263 e. The van der Waals surface area contributed by atoms with E-state index in [-0.39, 0.29) is 12.5 Å². The second kappa shape index (κ2) is 7.28. The minimum atomic E-state index is -0.274. The summed E-state index contributed by atoms with van der Waals surface area (Å²) in [6.45, 7) is 5.63. The summed E-state index contributed by atoms with van der Waals surface area (Å²) < 4.78 is 6.59. The van der Waals surface area contributed by atoms with Crippen LogP contribution in [0.25, 0.3) is 0 Å². The van der Waals surface area contributed by atoms with Crippen molar-refractivity contribution in [3.8, 4) is 5.75 Å². The number of halogens is 2. The largest absolute Gasteiger partial charge is 0.482 e. The molecule has 0 radical (unpaired) electrons. The number of hydrogen-bond donors (Lipinski definition) is 1. The first-order valence-corrected chi connectivity index (χ1v) is 8.15. The number of ether oxygens (including phenoxy) is 1. The fourth-order valence-electron chi connectivity index (χ4n) is 2.02. The Morgan fingerprint density at radius 2 is 2.05 bits per heavy atom. The molecule has 4 nitrogen and oxygen atoms in total. The number of anilines is 1. The van der Waals surface area contributed by atoms with Crippen molar-refractivity contribution in [2.75, 3.05) is 11.9 Å². The molecule has 1 N–H and O–H groups in total. The number of aromatic nitrogens is 1. The molecule has 1 aromatic carbocycles. The van der Waals surface area contributed by atoms with E-state index in [9.17, 15) is 4.79 Å². The van der Waals surface area contributed by atoms with E-state index in [0.717, 1.165) is 20.4 Å². The zero-order valence-corrected chi connectivity index (χ0v) is 15.4. The first-order valence-electron chi connectivity index (χ1n) is 6.69. The van der Waals surface area contributed by atoms with Crippen molar-refractivity contribution >= 4 is 45.9 Å². The van der Waals surface area contributed by atoms with E-state index < -0.39 is 0 Å². The Bertz CT molecular complexity index is 696. The van der Waals surface area contributed by atoms with E-state index >= 15 is 0 Å². The number of pyridine rings is 1. The standard InChI is InChI=1S/C16H16ClIN2O2/c1-9-6-10(2)16(12(17)7-9)22-8-15(21)20-14-5-4-13(18)11(3)19-14/h4-7H,8H2,1-3H3,(H,19,20,21). The Labute approximate surface area is 148 Å². The third-order valence-electron chi connectivity index (χ3n) is 3.01. The van der Waals surface area contributed by atoms with Crippen LogP contribution in [-0.4, -0.2) is 17.5 Å². The lowest BCUT2D eigenvalue weighted by Gasteiger charge is -2.12. The van der Waals surface area contributed by atoms with Gasteiger partial charge in [0.1, 0.15) is 11.6 Å². The van der Waals surface area contributed by atoms with Gasteiger partial charge < -0.3 is 10.1 Å². The van der Waals surface area contributed by atoms with Crippen molar-refractivity contribution in [2.45, 2.75) is 20.8 Å². The number of carbonyl (C=O) groups excluding carboxylic acids is 1. The molecule has 0 aliphatic carbocycles. The van der Waals surface area contributed by atoms with Gasteiger partial charge in [-0.3, -0.25) is 4.79 Å². The minimum Gasteiger partial charge on any atom is -0.482 e. The number of hydrogen-bond acceptors (Lipinski definition) is 3. The molecule has 2 aromatic rings. The SMILES string of the molecule is Cc1cc(C)c(OCC(=O)Nc2ccc(I)c(C)n2)c(Cl)c1. The van der Waals surface area contributed by atoms with Gasteiger partial charge in [-0.15, -0.1) is 0 Å². The van der Waals surface area contributed by atoms with Gasteiger partial charge in [0, 0.05) is 3.57 Å². The predicted octanol–water partition coefficient (Wildman–Crippen LogP) is 4.28. The van der Waals surface area contributed by atoms with Gasteiger partial charge in [-0.2, -0.15) is 0 Å². The van der Waals surface area contributed by atoms with Crippen molar-refractivity contribution in [1.82, 2.24) is 4.98 Å². The van der Waals surface area contributed by atoms with Crippen LogP contribution in [0.15, 0.2) is 24.3 Å². The molecule has 1 aromatic heterocycles. The van der Waals surface area contributed by atoms with Crippen LogP contribution in [0.1, 0.15) is 16.8 Å². The fraction of sp³-hybridized carbons (Fsp3) is 0.250. The molecule has 22 heavy (non-hydrogen) atoms. The molecule has 1 amide bonds. The summed E-state index contributed by atoms with van der Waals surface area (Å²) in [5.41, 5.74) is 2.83. The van der Waals surface area contributed by atoms with Crippen LogP contribution in [-0.2, 0) is 4.79 Å². The molecule has 0 saturated heterocycles. The Kier molecular flexibility index (Phi) is 5.63. The van der Waals surface area contributed by atoms with Gasteiger partial charge in [0.25, 0.3) is 5.91 Å². The number of amides is 1. The zero-order chi connectivity index (χ0) is 16.3. The lowest BCUT2D eigenvalue weighted by Crippen LogP contribution is -2.21. The van der Waals surface area contributed by atoms with Crippen LogP contribution in [0.2, 0.25) is 5.02 Å². The van der Waals surface area contributed by atoms with E-state index in [0.29, 0.717) is 16.6 Å². The topological polar surface area (TPSA) is 51.2 Å². The number of aryl methyl sites for hydroxylation is 3. The van der Waals surface area contributed by atoms with Crippen LogP contribution >= 0.6 is 34.2 Å². The number of carbonyl (C=O) groups is 1. The number of nitrogens with zero attached hydrogens (tertiary/aromatic N) is 1. The summed E-state index contributed by atoms with van der Waals surface area (Å²) in [6, 6.07) is 7.44. The molecule has 0 aliphatic heterocycles. The van der Waals surface area contributed by atoms with E-state index in [1.807, 2.05) is 39.0 Å². The molecule has 0 fully saturated rings. The Hall–Kier alpha value is -1.34. The molecule has 0 saturated carbocycles. The van der Waals surface area contributed by atoms with Crippen LogP contribution in [0, 0.1) is 24.3 Å². The molecule has 0 bridgehead atoms. The maximum atomic E-state index is 12.0. The highest BCUT2D eigenvalue weighted by molar-refractivity contribution is 14.1. The van der Waals surface area contributed by atoms with Crippen molar-refractivity contribution < 1.29 is 9.53 Å². The Morgan fingerprint density at radius 1 is 1.32 bits per heavy atom. The summed E-state index contributed by atoms with van der Waals surface area (Å²) in [4.78, 5) is 16.2. The number of benzene rings is 1. The van der Waals surface area contributed by atoms with Crippen molar-refractivity contribution in [1.29, 1.82) is 0 Å². The fourth-order valence-corrected chi connectivity index (χ4v) is 2.69. The minimum absolute atomic E-state index is 0.115. The van der Waals surface area contributed by atoms with Gasteiger partial charge in [-0.05, 0) is 72.7 Å². The molecule has 0 unspecified atom stereocenters. The summed E-state index contributed by atoms with van der Waals surface area (Å²) in [5.74, 6) is 0.775. The van der Waals surface area contributed by atoms with Gasteiger partial charge >= 0.3 is 0 Å². The highest BCUT2D eigenvalue weighted by atomic mass is 127. The molecular formula is C16H16ClIN2O2. The highest BCUT2D eigenvalue weighted by Crippen LogP contribution is 2.29. The molecule has 116 valence electrons. The first kappa shape index (κ1) is 17.0. The quantitative estimate of drug-likeness (QED) is 0.737. The van der Waals surface area contributed by atoms with E-state index in [1.54, 1.807) is 6.07 Å². The van der Waals surface area contributed by atoms with Gasteiger partial charge in [0.05, 0.1) is 10.7 Å². The van der Waals surface area contributed by atoms with Crippen LogP contribution in [0.4, 0.5) is 5.82 Å². The smallest absolute Gasteiger partial charge is 0.263 e. The van der Waals surface area contributed by atoms with Crippen molar-refractivity contribution in [2.24, 2.45) is 0 Å². The Morgan fingerprint density at radius 3 is 2.68 bits per heavy atom. The highest BCUT2D eigenvalue weighted by Gasteiger charge is 2.10. The van der Waals surface area contributed by atoms with Crippen molar-refractivity contribution in [3.05, 3.63) is 49.7 Å². The molecule has 0 aliphatic rings. The molecule has 0 atom stereocenters. The van der Waals surface area contributed by atoms with E-state index in [2.05, 4.69) is 32.9 Å². The second-order valence-corrected chi connectivity index (χ2v) is 6.56. The first-order chi connectivity index (χ1) is 10.4. The van der Waals surface area contributed by atoms with Gasteiger partial charge in [-0.1, -0.05) is 17.7 Å². The summed E-state index contributed by atoms with van der Waals surface area (Å²) in [7, 11) is 0. The number of rotatable bonds is 4. The van der Waals surface area contributed by atoms with E-state index in [1.165, 1.54) is 0 Å². The summed E-state index contributed by atoms with van der Waals surface area (Å²) in [6.07, 6.45) is 0. The lowest BCUT2D eigenvalue weighted by atomic mass is 10.1.